The molecule has 0 saturated carbocycles. The van der Waals surface area contributed by atoms with Gasteiger partial charge in [0.05, 0.1) is 0 Å². The monoisotopic (exact) mass is 379 g/mol. The van der Waals surface area contributed by atoms with E-state index >= 15 is 0 Å². The number of carbonyl (C=O) groups excluding carboxylic acids is 1. The minimum Gasteiger partial charge on any atom is -0.460 e. The largest absolute Gasteiger partial charge is 0.460 e. The highest BCUT2D eigenvalue weighted by molar-refractivity contribution is 6.36. The summed E-state index contributed by atoms with van der Waals surface area (Å²) in [5, 5.41) is 0. The quantitative estimate of drug-likeness (QED) is 0.587. The number of halogens is 2. The summed E-state index contributed by atoms with van der Waals surface area (Å²) >= 11 is 6.90. The maximum Gasteiger partial charge on any atom is 0.336 e. The van der Waals surface area contributed by atoms with Crippen molar-refractivity contribution >= 4 is 30.0 Å². The summed E-state index contributed by atoms with van der Waals surface area (Å²) < 4.78 is 5.82. The molecule has 5 heteroatoms. The van der Waals surface area contributed by atoms with Crippen LogP contribution in [0.3, 0.4) is 0 Å². The van der Waals surface area contributed by atoms with E-state index in [-0.39, 0.29) is 18.5 Å². The van der Waals surface area contributed by atoms with E-state index < -0.39 is 10.8 Å². The first kappa shape index (κ1) is 19.8. The lowest BCUT2D eigenvalue weighted by atomic mass is 9.90. The lowest BCUT2D eigenvalue weighted by Gasteiger charge is -2.32. The Labute approximate surface area is 160 Å². The van der Waals surface area contributed by atoms with Crippen molar-refractivity contribution in [2.75, 3.05) is 20.1 Å². The third-order valence-corrected chi connectivity index (χ3v) is 5.15. The molecule has 25 heavy (non-hydrogen) atoms. The number of hydrogen-bond donors (Lipinski definition) is 0. The minimum atomic E-state index is -1.31. The highest BCUT2D eigenvalue weighted by atomic mass is 35.5. The fraction of sp³-hybridized carbons (Fsp3) is 0.350. The van der Waals surface area contributed by atoms with Crippen LogP contribution in [-0.2, 0) is 14.4 Å². The van der Waals surface area contributed by atoms with Gasteiger partial charge in [-0.1, -0.05) is 72.3 Å². The van der Waals surface area contributed by atoms with E-state index in [9.17, 15) is 4.79 Å². The van der Waals surface area contributed by atoms with Crippen LogP contribution < -0.4 is 0 Å². The minimum absolute atomic E-state index is 0. The van der Waals surface area contributed by atoms with Crippen molar-refractivity contribution < 1.29 is 9.53 Å². The highest BCUT2D eigenvalue weighted by Crippen LogP contribution is 2.38. The molecule has 2 aromatic rings. The second kappa shape index (κ2) is 8.70. The average molecular weight is 380 g/mol. The van der Waals surface area contributed by atoms with E-state index in [2.05, 4.69) is 11.9 Å². The van der Waals surface area contributed by atoms with E-state index in [0.29, 0.717) is 0 Å². The second-order valence-electron chi connectivity index (χ2n) is 6.30. The number of piperidine rings is 1. The van der Waals surface area contributed by atoms with Gasteiger partial charge in [0.2, 0.25) is 0 Å². The molecule has 1 aliphatic rings. The molecule has 0 N–H and O–H groups in total. The van der Waals surface area contributed by atoms with Gasteiger partial charge in [0.1, 0.15) is 6.10 Å². The topological polar surface area (TPSA) is 29.5 Å². The molecular formula is C20H23Cl2NO2. The number of carbonyl (C=O) groups is 1. The van der Waals surface area contributed by atoms with Crippen LogP contribution in [0.25, 0.3) is 0 Å². The number of benzene rings is 2. The zero-order chi connectivity index (χ0) is 17.0. The maximum atomic E-state index is 13.0. The first-order chi connectivity index (χ1) is 11.6. The zero-order valence-electron chi connectivity index (χ0n) is 14.2. The van der Waals surface area contributed by atoms with E-state index in [1.807, 2.05) is 60.7 Å². The van der Waals surface area contributed by atoms with Crippen LogP contribution in [-0.4, -0.2) is 37.1 Å². The van der Waals surface area contributed by atoms with Gasteiger partial charge < -0.3 is 9.64 Å². The van der Waals surface area contributed by atoms with Crippen molar-refractivity contribution in [2.24, 2.45) is 0 Å². The summed E-state index contributed by atoms with van der Waals surface area (Å²) in [4.78, 5) is 14.0. The molecule has 1 aliphatic heterocycles. The Hall–Kier alpha value is -1.55. The molecule has 0 amide bonds. The molecule has 1 heterocycles. The van der Waals surface area contributed by atoms with Crippen molar-refractivity contribution in [1.29, 1.82) is 0 Å². The predicted molar refractivity (Wildman–Crippen MR) is 103 cm³/mol. The summed E-state index contributed by atoms with van der Waals surface area (Å²) in [5.74, 6) is -0.392. The Morgan fingerprint density at radius 1 is 1.00 bits per heavy atom. The Balaban J connectivity index is 0.00000225. The number of nitrogens with zero attached hydrogens (tertiary/aromatic N) is 1. The van der Waals surface area contributed by atoms with Crippen LogP contribution in [0.4, 0.5) is 0 Å². The molecule has 3 nitrogen and oxygen atoms in total. The van der Waals surface area contributed by atoms with Crippen LogP contribution >= 0.6 is 24.0 Å². The Kier molecular flexibility index (Phi) is 6.88. The van der Waals surface area contributed by atoms with E-state index in [1.165, 1.54) is 0 Å². The van der Waals surface area contributed by atoms with Gasteiger partial charge in [-0.25, -0.2) is 4.79 Å². The molecule has 3 rings (SSSR count). The predicted octanol–water partition coefficient (Wildman–Crippen LogP) is 4.23. The highest BCUT2D eigenvalue weighted by Gasteiger charge is 2.43. The molecule has 0 atom stereocenters. The fourth-order valence-electron chi connectivity index (χ4n) is 3.07. The van der Waals surface area contributed by atoms with Crippen molar-refractivity contribution in [1.82, 2.24) is 4.90 Å². The Morgan fingerprint density at radius 3 is 1.88 bits per heavy atom. The third kappa shape index (κ3) is 4.35. The van der Waals surface area contributed by atoms with Gasteiger partial charge in [-0.15, -0.1) is 12.4 Å². The summed E-state index contributed by atoms with van der Waals surface area (Å²) in [6, 6.07) is 18.9. The van der Waals surface area contributed by atoms with Gasteiger partial charge in [0.15, 0.2) is 4.87 Å². The number of rotatable bonds is 4. The lowest BCUT2D eigenvalue weighted by Crippen LogP contribution is -2.40. The molecule has 0 aliphatic carbocycles. The van der Waals surface area contributed by atoms with Crippen molar-refractivity contribution in [3.05, 3.63) is 71.8 Å². The van der Waals surface area contributed by atoms with Crippen LogP contribution in [0.15, 0.2) is 60.7 Å². The fourth-order valence-corrected chi connectivity index (χ4v) is 3.37. The van der Waals surface area contributed by atoms with Crippen LogP contribution in [0.1, 0.15) is 24.0 Å². The molecule has 1 fully saturated rings. The van der Waals surface area contributed by atoms with Gasteiger partial charge in [-0.05, 0) is 31.0 Å². The normalized spacial score (nSPS) is 16.1. The molecule has 2 aromatic carbocycles. The van der Waals surface area contributed by atoms with Crippen molar-refractivity contribution in [2.45, 2.75) is 23.8 Å². The lowest BCUT2D eigenvalue weighted by molar-refractivity contribution is -0.153. The van der Waals surface area contributed by atoms with Gasteiger partial charge >= 0.3 is 5.97 Å². The Bertz CT molecular complexity index is 631. The van der Waals surface area contributed by atoms with Crippen LogP contribution in [0.2, 0.25) is 0 Å². The third-order valence-electron chi connectivity index (χ3n) is 4.56. The first-order valence-corrected chi connectivity index (χ1v) is 8.68. The van der Waals surface area contributed by atoms with Gasteiger partial charge in [0.25, 0.3) is 0 Å². The number of hydrogen-bond acceptors (Lipinski definition) is 3. The molecule has 0 spiro atoms. The zero-order valence-corrected chi connectivity index (χ0v) is 15.8. The maximum absolute atomic E-state index is 13.0. The number of ether oxygens (including phenoxy) is 1. The first-order valence-electron chi connectivity index (χ1n) is 8.30. The summed E-state index contributed by atoms with van der Waals surface area (Å²) in [5.41, 5.74) is 1.46. The molecular weight excluding hydrogens is 357 g/mol. The van der Waals surface area contributed by atoms with Crippen molar-refractivity contribution in [3.63, 3.8) is 0 Å². The summed E-state index contributed by atoms with van der Waals surface area (Å²) in [6.45, 7) is 1.87. The number of likely N-dealkylation sites (tertiary alicyclic amines) is 1. The van der Waals surface area contributed by atoms with Crippen LogP contribution in [0, 0.1) is 0 Å². The second-order valence-corrected chi connectivity index (χ2v) is 6.87. The molecule has 0 bridgehead atoms. The van der Waals surface area contributed by atoms with Gasteiger partial charge in [-0.3, -0.25) is 0 Å². The molecule has 0 unspecified atom stereocenters. The Morgan fingerprint density at radius 2 is 1.44 bits per heavy atom. The summed E-state index contributed by atoms with van der Waals surface area (Å²) in [7, 11) is 2.08. The van der Waals surface area contributed by atoms with E-state index in [0.717, 1.165) is 37.1 Å². The number of alkyl halides is 1. The van der Waals surface area contributed by atoms with E-state index in [4.69, 9.17) is 16.3 Å². The summed E-state index contributed by atoms with van der Waals surface area (Å²) in [6.07, 6.45) is 1.62. The molecule has 0 radical (unpaired) electrons. The molecule has 1 saturated heterocycles. The number of esters is 1. The SMILES string of the molecule is CN1CCC(OC(=O)C(Cl)(c2ccccc2)c2ccccc2)CC1.Cl. The van der Waals surface area contributed by atoms with Crippen molar-refractivity contribution in [3.8, 4) is 0 Å². The average Bonchev–Trinajstić information content (AvgIpc) is 2.64. The standard InChI is InChI=1S/C20H22ClNO2.ClH/c1-22-14-12-18(13-15-22)24-19(23)20(21,16-8-4-2-5-9-16)17-10-6-3-7-11-17;/h2-11,18H,12-15H2,1H3;1H. The molecule has 0 aromatic heterocycles. The molecule has 134 valence electrons. The van der Waals surface area contributed by atoms with Gasteiger partial charge in [-0.2, -0.15) is 0 Å². The smallest absolute Gasteiger partial charge is 0.336 e. The van der Waals surface area contributed by atoms with E-state index in [1.54, 1.807) is 0 Å². The van der Waals surface area contributed by atoms with Gasteiger partial charge in [0, 0.05) is 13.1 Å². The van der Waals surface area contributed by atoms with Crippen LogP contribution in [0.5, 0.6) is 0 Å².